The zero-order valence-electron chi connectivity index (χ0n) is 12.3. The maximum Gasteiger partial charge on any atom is 0.142 e. The van der Waals surface area contributed by atoms with Crippen LogP contribution in [-0.4, -0.2) is 16.3 Å². The molecule has 0 radical (unpaired) electrons. The number of rotatable bonds is 5. The summed E-state index contributed by atoms with van der Waals surface area (Å²) >= 11 is 6.83. The Kier molecular flexibility index (Phi) is 5.57. The van der Waals surface area contributed by atoms with Crippen LogP contribution < -0.4 is 5.32 Å². The molecule has 2 aromatic rings. The van der Waals surface area contributed by atoms with Gasteiger partial charge in [0, 0.05) is 25.1 Å². The third-order valence-corrected chi connectivity index (χ3v) is 5.11. The number of nitrogens with zero attached hydrogens (tertiary/aromatic N) is 2. The van der Waals surface area contributed by atoms with E-state index in [9.17, 15) is 4.39 Å². The van der Waals surface area contributed by atoms with Gasteiger partial charge in [0.1, 0.15) is 5.82 Å². The van der Waals surface area contributed by atoms with Crippen molar-refractivity contribution >= 4 is 31.9 Å². The minimum Gasteiger partial charge on any atom is -0.310 e. The fourth-order valence-corrected chi connectivity index (χ4v) is 3.30. The first-order valence-electron chi connectivity index (χ1n) is 6.81. The van der Waals surface area contributed by atoms with E-state index in [-0.39, 0.29) is 11.9 Å². The van der Waals surface area contributed by atoms with Crippen LogP contribution in [0, 0.1) is 12.7 Å². The molecule has 0 amide bonds. The van der Waals surface area contributed by atoms with E-state index in [4.69, 9.17) is 0 Å². The molecule has 0 aliphatic carbocycles. The predicted molar refractivity (Wildman–Crippen MR) is 89.9 cm³/mol. The normalized spacial score (nSPS) is 12.7. The van der Waals surface area contributed by atoms with Crippen molar-refractivity contribution in [2.24, 2.45) is 7.05 Å². The van der Waals surface area contributed by atoms with Gasteiger partial charge in [-0.25, -0.2) is 4.39 Å². The van der Waals surface area contributed by atoms with E-state index in [1.165, 1.54) is 0 Å². The van der Waals surface area contributed by atoms with E-state index in [1.807, 2.05) is 37.7 Å². The molecule has 1 aromatic carbocycles. The molecular weight excluding hydrogens is 401 g/mol. The smallest absolute Gasteiger partial charge is 0.142 e. The number of benzene rings is 1. The Bertz CT molecular complexity index is 640. The minimum atomic E-state index is -0.210. The maximum absolute atomic E-state index is 14.4. The fourth-order valence-electron chi connectivity index (χ4n) is 2.42. The lowest BCUT2D eigenvalue weighted by molar-refractivity contribution is 0.494. The van der Waals surface area contributed by atoms with Gasteiger partial charge in [0.25, 0.3) is 0 Å². The predicted octanol–water partition coefficient (Wildman–Crippen LogP) is 4.29. The lowest BCUT2D eigenvalue weighted by Crippen LogP contribution is -2.25. The number of hydrogen-bond acceptors (Lipinski definition) is 2. The first-order chi connectivity index (χ1) is 9.95. The Balaban J connectivity index is 2.38. The summed E-state index contributed by atoms with van der Waals surface area (Å²) in [7, 11) is 1.91. The number of halogens is 3. The summed E-state index contributed by atoms with van der Waals surface area (Å²) in [6, 6.07) is 5.30. The van der Waals surface area contributed by atoms with Gasteiger partial charge in [-0.1, -0.05) is 19.1 Å². The SMILES string of the molecule is CCNC(Cc1c(Br)c(C)nn1C)c1cccc(Br)c1F. The van der Waals surface area contributed by atoms with Gasteiger partial charge in [0.2, 0.25) is 0 Å². The van der Waals surface area contributed by atoms with E-state index in [0.29, 0.717) is 16.5 Å². The van der Waals surface area contributed by atoms with Crippen molar-refractivity contribution in [2.45, 2.75) is 26.3 Å². The molecule has 21 heavy (non-hydrogen) atoms. The molecule has 1 unspecified atom stereocenters. The van der Waals surface area contributed by atoms with Crippen molar-refractivity contribution in [3.63, 3.8) is 0 Å². The van der Waals surface area contributed by atoms with Crippen LogP contribution in [0.15, 0.2) is 27.1 Å². The average molecular weight is 419 g/mol. The molecule has 114 valence electrons. The van der Waals surface area contributed by atoms with Crippen LogP contribution in [0.2, 0.25) is 0 Å². The van der Waals surface area contributed by atoms with Crippen molar-refractivity contribution in [3.8, 4) is 0 Å². The van der Waals surface area contributed by atoms with Gasteiger partial charge in [0.05, 0.1) is 20.3 Å². The van der Waals surface area contributed by atoms with Crippen LogP contribution in [0.1, 0.15) is 29.9 Å². The maximum atomic E-state index is 14.4. The van der Waals surface area contributed by atoms with Gasteiger partial charge in [0.15, 0.2) is 0 Å². The number of nitrogens with one attached hydrogen (secondary N) is 1. The highest BCUT2D eigenvalue weighted by Crippen LogP contribution is 2.29. The average Bonchev–Trinajstić information content (AvgIpc) is 2.68. The second-order valence-corrected chi connectivity index (χ2v) is 6.57. The van der Waals surface area contributed by atoms with Gasteiger partial charge >= 0.3 is 0 Å². The van der Waals surface area contributed by atoms with Crippen molar-refractivity contribution in [1.29, 1.82) is 0 Å². The summed E-state index contributed by atoms with van der Waals surface area (Å²) in [6.07, 6.45) is 0.666. The number of aryl methyl sites for hydroxylation is 2. The van der Waals surface area contributed by atoms with E-state index >= 15 is 0 Å². The lowest BCUT2D eigenvalue weighted by atomic mass is 10.0. The van der Waals surface area contributed by atoms with Gasteiger partial charge in [-0.05, 0) is 51.4 Å². The highest BCUT2D eigenvalue weighted by atomic mass is 79.9. The van der Waals surface area contributed by atoms with E-state index in [0.717, 1.165) is 22.4 Å². The summed E-state index contributed by atoms with van der Waals surface area (Å²) in [5.41, 5.74) is 2.66. The van der Waals surface area contributed by atoms with E-state index in [2.05, 4.69) is 42.3 Å². The minimum absolute atomic E-state index is 0.0985. The Labute approximate surface area is 141 Å². The Hall–Kier alpha value is -0.720. The Morgan fingerprint density at radius 1 is 1.38 bits per heavy atom. The van der Waals surface area contributed by atoms with Crippen LogP contribution in [-0.2, 0) is 13.5 Å². The third kappa shape index (κ3) is 3.55. The molecule has 6 heteroatoms. The number of likely N-dealkylation sites (N-methyl/N-ethyl adjacent to an activating group) is 1. The van der Waals surface area contributed by atoms with Crippen molar-refractivity contribution in [1.82, 2.24) is 15.1 Å². The molecule has 0 fully saturated rings. The van der Waals surface area contributed by atoms with Gasteiger partial charge in [-0.2, -0.15) is 5.10 Å². The molecule has 1 atom stereocenters. The standard InChI is InChI=1S/C15H18Br2FN3/c1-4-19-12(10-6-5-7-11(16)15(10)18)8-13-14(17)9(2)20-21(13)3/h5-7,12,19H,4,8H2,1-3H3. The molecular formula is C15H18Br2FN3. The van der Waals surface area contributed by atoms with Crippen LogP contribution in [0.5, 0.6) is 0 Å². The highest BCUT2D eigenvalue weighted by Gasteiger charge is 2.21. The molecule has 0 aliphatic heterocycles. The molecule has 1 aromatic heterocycles. The second kappa shape index (κ2) is 7.03. The van der Waals surface area contributed by atoms with Crippen LogP contribution in [0.3, 0.4) is 0 Å². The Morgan fingerprint density at radius 3 is 2.67 bits per heavy atom. The lowest BCUT2D eigenvalue weighted by Gasteiger charge is -2.20. The molecule has 0 saturated carbocycles. The second-order valence-electron chi connectivity index (χ2n) is 4.93. The van der Waals surface area contributed by atoms with Gasteiger partial charge in [-0.3, -0.25) is 4.68 Å². The number of hydrogen-bond donors (Lipinski definition) is 1. The molecule has 3 nitrogen and oxygen atoms in total. The van der Waals surface area contributed by atoms with Crippen molar-refractivity contribution < 1.29 is 4.39 Å². The highest BCUT2D eigenvalue weighted by molar-refractivity contribution is 9.10. The Morgan fingerprint density at radius 2 is 2.10 bits per heavy atom. The molecule has 0 spiro atoms. The third-order valence-electron chi connectivity index (χ3n) is 3.47. The topological polar surface area (TPSA) is 29.9 Å². The van der Waals surface area contributed by atoms with Gasteiger partial charge < -0.3 is 5.32 Å². The van der Waals surface area contributed by atoms with Crippen molar-refractivity contribution in [3.05, 3.63) is 49.9 Å². The zero-order valence-corrected chi connectivity index (χ0v) is 15.4. The van der Waals surface area contributed by atoms with Crippen LogP contribution >= 0.6 is 31.9 Å². The first kappa shape index (κ1) is 16.6. The van der Waals surface area contributed by atoms with Crippen LogP contribution in [0.4, 0.5) is 4.39 Å². The summed E-state index contributed by atoms with van der Waals surface area (Å²) in [6.45, 7) is 4.74. The molecule has 2 rings (SSSR count). The summed E-state index contributed by atoms with van der Waals surface area (Å²) in [4.78, 5) is 0. The molecule has 1 N–H and O–H groups in total. The monoisotopic (exact) mass is 417 g/mol. The summed E-state index contributed by atoms with van der Waals surface area (Å²) in [5.74, 6) is -0.210. The summed E-state index contributed by atoms with van der Waals surface area (Å²) in [5, 5.41) is 7.75. The quantitative estimate of drug-likeness (QED) is 0.784. The summed E-state index contributed by atoms with van der Waals surface area (Å²) < 4.78 is 17.7. The van der Waals surface area contributed by atoms with Gasteiger partial charge in [-0.15, -0.1) is 0 Å². The largest absolute Gasteiger partial charge is 0.310 e. The number of aromatic nitrogens is 2. The first-order valence-corrected chi connectivity index (χ1v) is 8.39. The zero-order chi connectivity index (χ0) is 15.6. The van der Waals surface area contributed by atoms with E-state index < -0.39 is 0 Å². The molecule has 0 saturated heterocycles. The van der Waals surface area contributed by atoms with Crippen molar-refractivity contribution in [2.75, 3.05) is 6.54 Å². The molecule has 0 aliphatic rings. The van der Waals surface area contributed by atoms with Crippen LogP contribution in [0.25, 0.3) is 0 Å². The van der Waals surface area contributed by atoms with E-state index in [1.54, 1.807) is 6.07 Å². The molecule has 0 bridgehead atoms. The fraction of sp³-hybridized carbons (Fsp3) is 0.400. The molecule has 1 heterocycles.